The highest BCUT2D eigenvalue weighted by Crippen LogP contribution is 2.33. The van der Waals surface area contributed by atoms with Crippen LogP contribution in [-0.4, -0.2) is 12.1 Å². The van der Waals surface area contributed by atoms with E-state index in [0.717, 1.165) is 18.0 Å². The van der Waals surface area contributed by atoms with Gasteiger partial charge >= 0.3 is 0 Å². The van der Waals surface area contributed by atoms with Gasteiger partial charge in [0.25, 0.3) is 0 Å². The Hall–Kier alpha value is -0.0400. The van der Waals surface area contributed by atoms with E-state index in [0.29, 0.717) is 0 Å². The smallest absolute Gasteiger partial charge is 0.00749 e. The van der Waals surface area contributed by atoms with Crippen molar-refractivity contribution in [1.29, 1.82) is 0 Å². The van der Waals surface area contributed by atoms with Crippen LogP contribution >= 0.6 is 0 Å². The SMILES string of the molecule is CCCC1CC(NC2CC2)C1. The van der Waals surface area contributed by atoms with E-state index in [2.05, 4.69) is 12.2 Å². The number of hydrogen-bond donors (Lipinski definition) is 1. The highest BCUT2D eigenvalue weighted by atomic mass is 15.0. The van der Waals surface area contributed by atoms with Crippen LogP contribution in [0.25, 0.3) is 0 Å². The second kappa shape index (κ2) is 3.14. The van der Waals surface area contributed by atoms with Crippen LogP contribution in [0.3, 0.4) is 0 Å². The lowest BCUT2D eigenvalue weighted by Crippen LogP contribution is -2.42. The first-order valence-electron chi connectivity index (χ1n) is 5.14. The maximum absolute atomic E-state index is 3.68. The van der Waals surface area contributed by atoms with Crippen molar-refractivity contribution in [3.8, 4) is 0 Å². The molecule has 2 saturated carbocycles. The summed E-state index contributed by atoms with van der Waals surface area (Å²) in [6, 6.07) is 1.82. The fourth-order valence-corrected chi connectivity index (χ4v) is 2.10. The van der Waals surface area contributed by atoms with Gasteiger partial charge in [-0.15, -0.1) is 0 Å². The summed E-state index contributed by atoms with van der Waals surface area (Å²) in [5.74, 6) is 1.07. The quantitative estimate of drug-likeness (QED) is 0.653. The molecule has 0 aromatic carbocycles. The largest absolute Gasteiger partial charge is 0.311 e. The third-order valence-corrected chi connectivity index (χ3v) is 2.98. The first-order valence-corrected chi connectivity index (χ1v) is 5.14. The van der Waals surface area contributed by atoms with E-state index in [4.69, 9.17) is 0 Å². The summed E-state index contributed by atoms with van der Waals surface area (Å²) in [7, 11) is 0. The Labute approximate surface area is 69.6 Å². The fraction of sp³-hybridized carbons (Fsp3) is 1.00. The van der Waals surface area contributed by atoms with E-state index in [1.807, 2.05) is 0 Å². The van der Waals surface area contributed by atoms with Gasteiger partial charge in [-0.3, -0.25) is 0 Å². The van der Waals surface area contributed by atoms with Crippen LogP contribution in [0.1, 0.15) is 45.4 Å². The highest BCUT2D eigenvalue weighted by Gasteiger charge is 2.32. The molecule has 2 fully saturated rings. The van der Waals surface area contributed by atoms with Crippen molar-refractivity contribution < 1.29 is 0 Å². The van der Waals surface area contributed by atoms with Gasteiger partial charge in [0.05, 0.1) is 0 Å². The molecule has 0 atom stereocenters. The Morgan fingerprint density at radius 3 is 2.45 bits per heavy atom. The predicted octanol–water partition coefficient (Wildman–Crippen LogP) is 2.32. The first kappa shape index (κ1) is 7.60. The Kier molecular flexibility index (Phi) is 2.17. The Morgan fingerprint density at radius 2 is 1.91 bits per heavy atom. The molecule has 1 heteroatoms. The zero-order valence-electron chi connectivity index (χ0n) is 7.47. The van der Waals surface area contributed by atoms with Crippen molar-refractivity contribution in [2.45, 2.75) is 57.5 Å². The lowest BCUT2D eigenvalue weighted by molar-refractivity contribution is 0.208. The summed E-state index contributed by atoms with van der Waals surface area (Å²) < 4.78 is 0. The molecular formula is C10H19N. The standard InChI is InChI=1S/C10H19N/c1-2-3-8-6-10(7-8)11-9-4-5-9/h8-11H,2-7H2,1H3. The maximum atomic E-state index is 3.68. The van der Waals surface area contributed by atoms with Crippen molar-refractivity contribution in [2.24, 2.45) is 5.92 Å². The Bertz CT molecular complexity index is 123. The molecule has 0 unspecified atom stereocenters. The molecule has 0 aromatic rings. The molecule has 0 spiro atoms. The molecule has 2 rings (SSSR count). The summed E-state index contributed by atoms with van der Waals surface area (Å²) in [6.45, 7) is 2.29. The molecule has 1 nitrogen and oxygen atoms in total. The van der Waals surface area contributed by atoms with Crippen LogP contribution in [-0.2, 0) is 0 Å². The van der Waals surface area contributed by atoms with Gasteiger partial charge in [0.1, 0.15) is 0 Å². The first-order chi connectivity index (χ1) is 5.38. The highest BCUT2D eigenvalue weighted by molar-refractivity contribution is 4.91. The molecule has 2 aliphatic carbocycles. The maximum Gasteiger partial charge on any atom is 0.00749 e. The van der Waals surface area contributed by atoms with Gasteiger partial charge < -0.3 is 5.32 Å². The van der Waals surface area contributed by atoms with Crippen LogP contribution in [0, 0.1) is 5.92 Å². The zero-order chi connectivity index (χ0) is 7.68. The molecule has 64 valence electrons. The summed E-state index contributed by atoms with van der Waals surface area (Å²) in [6.07, 6.45) is 8.64. The van der Waals surface area contributed by atoms with Crippen molar-refractivity contribution >= 4 is 0 Å². The minimum atomic E-state index is 0.902. The molecule has 1 N–H and O–H groups in total. The van der Waals surface area contributed by atoms with Gasteiger partial charge in [-0.25, -0.2) is 0 Å². The van der Waals surface area contributed by atoms with E-state index < -0.39 is 0 Å². The van der Waals surface area contributed by atoms with Crippen LogP contribution < -0.4 is 5.32 Å². The second-order valence-corrected chi connectivity index (χ2v) is 4.26. The average Bonchev–Trinajstić information content (AvgIpc) is 2.67. The van der Waals surface area contributed by atoms with E-state index >= 15 is 0 Å². The molecule has 0 amide bonds. The molecule has 0 aliphatic heterocycles. The lowest BCUT2D eigenvalue weighted by Gasteiger charge is -2.36. The van der Waals surface area contributed by atoms with Gasteiger partial charge in [0.2, 0.25) is 0 Å². The molecule has 0 bridgehead atoms. The fourth-order valence-electron chi connectivity index (χ4n) is 2.10. The molecule has 0 heterocycles. The summed E-state index contributed by atoms with van der Waals surface area (Å²) >= 11 is 0. The average molecular weight is 153 g/mol. The molecular weight excluding hydrogens is 134 g/mol. The van der Waals surface area contributed by atoms with Crippen LogP contribution in [0.4, 0.5) is 0 Å². The van der Waals surface area contributed by atoms with E-state index in [9.17, 15) is 0 Å². The van der Waals surface area contributed by atoms with Crippen LogP contribution in [0.15, 0.2) is 0 Å². The van der Waals surface area contributed by atoms with Gasteiger partial charge in [-0.1, -0.05) is 19.8 Å². The monoisotopic (exact) mass is 153 g/mol. The van der Waals surface area contributed by atoms with E-state index in [1.165, 1.54) is 38.5 Å². The lowest BCUT2D eigenvalue weighted by atomic mass is 9.77. The second-order valence-electron chi connectivity index (χ2n) is 4.26. The molecule has 11 heavy (non-hydrogen) atoms. The number of nitrogens with one attached hydrogen (secondary N) is 1. The van der Waals surface area contributed by atoms with Gasteiger partial charge in [0, 0.05) is 12.1 Å². The summed E-state index contributed by atoms with van der Waals surface area (Å²) in [5, 5.41) is 3.68. The molecule has 0 saturated heterocycles. The van der Waals surface area contributed by atoms with E-state index in [-0.39, 0.29) is 0 Å². The predicted molar refractivity (Wildman–Crippen MR) is 47.6 cm³/mol. The molecule has 0 aromatic heterocycles. The van der Waals surface area contributed by atoms with Crippen LogP contribution in [0.5, 0.6) is 0 Å². The topological polar surface area (TPSA) is 12.0 Å². The minimum Gasteiger partial charge on any atom is -0.311 e. The zero-order valence-corrected chi connectivity index (χ0v) is 7.47. The van der Waals surface area contributed by atoms with Crippen LogP contribution in [0.2, 0.25) is 0 Å². The summed E-state index contributed by atoms with van der Waals surface area (Å²) in [4.78, 5) is 0. The summed E-state index contributed by atoms with van der Waals surface area (Å²) in [5.41, 5.74) is 0. The van der Waals surface area contributed by atoms with Gasteiger partial charge in [-0.2, -0.15) is 0 Å². The number of rotatable bonds is 4. The minimum absolute atomic E-state index is 0.902. The number of hydrogen-bond acceptors (Lipinski definition) is 1. The van der Waals surface area contributed by atoms with Crippen molar-refractivity contribution in [1.82, 2.24) is 5.32 Å². The van der Waals surface area contributed by atoms with Crippen molar-refractivity contribution in [2.75, 3.05) is 0 Å². The van der Waals surface area contributed by atoms with Gasteiger partial charge in [0.15, 0.2) is 0 Å². The van der Waals surface area contributed by atoms with Crippen molar-refractivity contribution in [3.05, 3.63) is 0 Å². The Balaban J connectivity index is 1.56. The normalized spacial score (nSPS) is 36.8. The Morgan fingerprint density at radius 1 is 1.18 bits per heavy atom. The van der Waals surface area contributed by atoms with Gasteiger partial charge in [-0.05, 0) is 31.6 Å². The third-order valence-electron chi connectivity index (χ3n) is 2.98. The third kappa shape index (κ3) is 1.96. The van der Waals surface area contributed by atoms with E-state index in [1.54, 1.807) is 0 Å². The molecule has 0 radical (unpaired) electrons. The van der Waals surface area contributed by atoms with Crippen molar-refractivity contribution in [3.63, 3.8) is 0 Å². The molecule has 2 aliphatic rings.